The zero-order valence-electron chi connectivity index (χ0n) is 13.2. The first-order valence-electron chi connectivity index (χ1n) is 7.67. The van der Waals surface area contributed by atoms with Crippen LogP contribution in [0.25, 0.3) is 0 Å². The minimum absolute atomic E-state index is 0.0268. The predicted octanol–water partition coefficient (Wildman–Crippen LogP) is 0.366. The van der Waals surface area contributed by atoms with Gasteiger partial charge in [0, 0.05) is 13.0 Å². The maximum atomic E-state index is 12.2. The van der Waals surface area contributed by atoms with Gasteiger partial charge >= 0.3 is 0 Å². The number of nitrogens with one attached hydrogen (secondary N) is 1. The maximum absolute atomic E-state index is 12.2. The molecular formula is C16H18N2O5S. The molecule has 2 aliphatic heterocycles. The monoisotopic (exact) mass is 350 g/mol. The molecule has 0 spiro atoms. The molecule has 3 rings (SSSR count). The average Bonchev–Trinajstić information content (AvgIpc) is 2.92. The van der Waals surface area contributed by atoms with Crippen molar-refractivity contribution in [2.75, 3.05) is 18.1 Å². The van der Waals surface area contributed by atoms with Gasteiger partial charge in [-0.2, -0.15) is 0 Å². The Labute approximate surface area is 139 Å². The topological polar surface area (TPSA) is 101 Å². The van der Waals surface area contributed by atoms with Gasteiger partial charge in [0.05, 0.1) is 28.2 Å². The molecule has 0 aliphatic carbocycles. The second-order valence-corrected chi connectivity index (χ2v) is 8.69. The third kappa shape index (κ3) is 3.06. The highest BCUT2D eigenvalue weighted by Crippen LogP contribution is 2.24. The molecule has 1 aromatic rings. The Morgan fingerprint density at radius 1 is 1.21 bits per heavy atom. The van der Waals surface area contributed by atoms with E-state index < -0.39 is 27.2 Å². The summed E-state index contributed by atoms with van der Waals surface area (Å²) in [5.74, 6) is -1.21. The summed E-state index contributed by atoms with van der Waals surface area (Å²) in [6, 6.07) is 6.53. The Bertz CT molecular complexity index is 798. The van der Waals surface area contributed by atoms with Crippen molar-refractivity contribution in [1.82, 2.24) is 10.2 Å². The van der Waals surface area contributed by atoms with Gasteiger partial charge in [-0.05, 0) is 25.5 Å². The molecule has 1 aromatic carbocycles. The molecule has 0 radical (unpaired) electrons. The van der Waals surface area contributed by atoms with Crippen LogP contribution in [0.2, 0.25) is 0 Å². The van der Waals surface area contributed by atoms with Crippen molar-refractivity contribution in [1.29, 1.82) is 0 Å². The molecule has 8 heteroatoms. The zero-order chi connectivity index (χ0) is 17.5. The summed E-state index contributed by atoms with van der Waals surface area (Å²) in [6.07, 6.45) is 0.315. The molecule has 0 saturated carbocycles. The molecule has 3 amide bonds. The normalized spacial score (nSPS) is 25.0. The van der Waals surface area contributed by atoms with Gasteiger partial charge in [0.15, 0.2) is 9.84 Å². The number of nitrogens with zero attached hydrogens (tertiary/aromatic N) is 1. The number of carbonyl (C=O) groups is 3. The van der Waals surface area contributed by atoms with Gasteiger partial charge in [-0.3, -0.25) is 19.3 Å². The van der Waals surface area contributed by atoms with Gasteiger partial charge in [0.1, 0.15) is 0 Å². The van der Waals surface area contributed by atoms with Crippen LogP contribution in [-0.2, 0) is 14.6 Å². The summed E-state index contributed by atoms with van der Waals surface area (Å²) in [7, 11) is -3.12. The maximum Gasteiger partial charge on any atom is 0.261 e. The SMILES string of the molecule is C[C@]1(NC(=O)CCN2C(=O)c3ccccc3C2=O)CCS(=O)(=O)C1. The molecule has 2 aliphatic rings. The number of rotatable bonds is 4. The van der Waals surface area contributed by atoms with Crippen molar-refractivity contribution in [3.05, 3.63) is 35.4 Å². The van der Waals surface area contributed by atoms with Crippen molar-refractivity contribution >= 4 is 27.6 Å². The largest absolute Gasteiger partial charge is 0.350 e. The van der Waals surface area contributed by atoms with Gasteiger partial charge in [0.25, 0.3) is 11.8 Å². The lowest BCUT2D eigenvalue weighted by Gasteiger charge is -2.24. The third-order valence-corrected chi connectivity index (χ3v) is 6.29. The first-order valence-corrected chi connectivity index (χ1v) is 9.50. The smallest absolute Gasteiger partial charge is 0.261 e. The lowest BCUT2D eigenvalue weighted by molar-refractivity contribution is -0.122. The van der Waals surface area contributed by atoms with Gasteiger partial charge in [0.2, 0.25) is 5.91 Å². The molecule has 1 saturated heterocycles. The van der Waals surface area contributed by atoms with Crippen molar-refractivity contribution in [2.24, 2.45) is 0 Å². The predicted molar refractivity (Wildman–Crippen MR) is 86.2 cm³/mol. The number of imide groups is 1. The minimum atomic E-state index is -3.12. The van der Waals surface area contributed by atoms with Crippen LogP contribution in [0.4, 0.5) is 0 Å². The Balaban J connectivity index is 1.60. The fourth-order valence-corrected chi connectivity index (χ4v) is 5.26. The van der Waals surface area contributed by atoms with Crippen LogP contribution < -0.4 is 5.32 Å². The Hall–Kier alpha value is -2.22. The molecule has 7 nitrogen and oxygen atoms in total. The van der Waals surface area contributed by atoms with Crippen molar-refractivity contribution in [3.8, 4) is 0 Å². The van der Waals surface area contributed by atoms with E-state index in [9.17, 15) is 22.8 Å². The summed E-state index contributed by atoms with van der Waals surface area (Å²) in [4.78, 5) is 37.6. The van der Waals surface area contributed by atoms with Crippen LogP contribution in [0.15, 0.2) is 24.3 Å². The fraction of sp³-hybridized carbons (Fsp3) is 0.438. The summed E-state index contributed by atoms with van der Waals surface area (Å²) in [5, 5.41) is 2.72. The second kappa shape index (κ2) is 5.70. The number of hydrogen-bond acceptors (Lipinski definition) is 5. The number of amides is 3. The van der Waals surface area contributed by atoms with E-state index >= 15 is 0 Å². The van der Waals surface area contributed by atoms with Crippen LogP contribution in [0.5, 0.6) is 0 Å². The van der Waals surface area contributed by atoms with Crippen molar-refractivity contribution < 1.29 is 22.8 Å². The number of fused-ring (bicyclic) bond motifs is 1. The van der Waals surface area contributed by atoms with E-state index in [1.807, 2.05) is 0 Å². The fourth-order valence-electron chi connectivity index (χ4n) is 3.16. The van der Waals surface area contributed by atoms with E-state index in [-0.39, 0.29) is 30.4 Å². The molecule has 128 valence electrons. The van der Waals surface area contributed by atoms with Gasteiger partial charge < -0.3 is 5.32 Å². The quantitative estimate of drug-likeness (QED) is 0.791. The number of benzene rings is 1. The summed E-state index contributed by atoms with van der Waals surface area (Å²) < 4.78 is 23.1. The lowest BCUT2D eigenvalue weighted by Crippen LogP contribution is -2.47. The molecule has 1 fully saturated rings. The summed E-state index contributed by atoms with van der Waals surface area (Å²) >= 11 is 0. The van der Waals surface area contributed by atoms with E-state index in [2.05, 4.69) is 5.32 Å². The van der Waals surface area contributed by atoms with Gasteiger partial charge in [-0.25, -0.2) is 8.42 Å². The van der Waals surface area contributed by atoms with Crippen molar-refractivity contribution in [2.45, 2.75) is 25.3 Å². The number of hydrogen-bond donors (Lipinski definition) is 1. The standard InChI is InChI=1S/C16H18N2O5S/c1-16(7-9-24(22,23)10-16)17-13(19)6-8-18-14(20)11-4-2-3-5-12(11)15(18)21/h2-5H,6-10H2,1H3,(H,17,19)/t16-/m0/s1. The first-order chi connectivity index (χ1) is 11.2. The van der Waals surface area contributed by atoms with Crippen LogP contribution in [0.3, 0.4) is 0 Å². The summed E-state index contributed by atoms with van der Waals surface area (Å²) in [6.45, 7) is 1.67. The highest BCUT2D eigenvalue weighted by atomic mass is 32.2. The van der Waals surface area contributed by atoms with Crippen LogP contribution in [0.1, 0.15) is 40.5 Å². The van der Waals surface area contributed by atoms with Crippen LogP contribution in [0, 0.1) is 0 Å². The highest BCUT2D eigenvalue weighted by molar-refractivity contribution is 7.91. The second-order valence-electron chi connectivity index (χ2n) is 6.51. The van der Waals surface area contributed by atoms with Crippen molar-refractivity contribution in [3.63, 3.8) is 0 Å². The van der Waals surface area contributed by atoms with Gasteiger partial charge in [-0.1, -0.05) is 12.1 Å². The molecule has 0 aromatic heterocycles. The Kier molecular flexibility index (Phi) is 3.95. The molecule has 24 heavy (non-hydrogen) atoms. The minimum Gasteiger partial charge on any atom is -0.350 e. The van der Waals surface area contributed by atoms with Gasteiger partial charge in [-0.15, -0.1) is 0 Å². The number of sulfone groups is 1. The Morgan fingerprint density at radius 2 is 1.79 bits per heavy atom. The first kappa shape index (κ1) is 16.6. The number of carbonyl (C=O) groups excluding carboxylic acids is 3. The molecule has 0 unspecified atom stereocenters. The molecule has 0 bridgehead atoms. The average molecular weight is 350 g/mol. The molecular weight excluding hydrogens is 332 g/mol. The zero-order valence-corrected chi connectivity index (χ0v) is 14.1. The summed E-state index contributed by atoms with van der Waals surface area (Å²) in [5.41, 5.74) is -0.0914. The van der Waals surface area contributed by atoms with E-state index in [1.54, 1.807) is 31.2 Å². The van der Waals surface area contributed by atoms with E-state index in [4.69, 9.17) is 0 Å². The Morgan fingerprint density at radius 3 is 2.29 bits per heavy atom. The third-order valence-electron chi connectivity index (χ3n) is 4.39. The lowest BCUT2D eigenvalue weighted by atomic mass is 10.0. The van der Waals surface area contributed by atoms with E-state index in [0.717, 1.165) is 4.90 Å². The van der Waals surface area contributed by atoms with E-state index in [0.29, 0.717) is 17.5 Å². The molecule has 1 atom stereocenters. The van der Waals surface area contributed by atoms with Crippen LogP contribution in [-0.4, -0.2) is 54.6 Å². The molecule has 1 N–H and O–H groups in total. The van der Waals surface area contributed by atoms with E-state index in [1.165, 1.54) is 0 Å². The van der Waals surface area contributed by atoms with Crippen LogP contribution >= 0.6 is 0 Å². The molecule has 2 heterocycles. The highest BCUT2D eigenvalue weighted by Gasteiger charge is 2.40.